The first-order valence-corrected chi connectivity index (χ1v) is 8.43. The molecule has 2 N–H and O–H groups in total. The van der Waals surface area contributed by atoms with E-state index in [0.29, 0.717) is 36.8 Å². The number of amides is 2. The molecule has 0 radical (unpaired) electrons. The average Bonchev–Trinajstić information content (AvgIpc) is 2.66. The third kappa shape index (κ3) is 5.31. The number of ether oxygens (including phenoxy) is 3. The van der Waals surface area contributed by atoms with Crippen molar-refractivity contribution in [1.29, 1.82) is 0 Å². The van der Waals surface area contributed by atoms with Gasteiger partial charge >= 0.3 is 6.03 Å². The second-order valence-corrected chi connectivity index (χ2v) is 5.88. The number of carbonyl (C=O) groups excluding carboxylic acids is 1. The number of urea groups is 1. The monoisotopic (exact) mass is 358 g/mol. The van der Waals surface area contributed by atoms with Crippen molar-refractivity contribution >= 4 is 6.03 Å². The Morgan fingerprint density at radius 1 is 0.885 bits per heavy atom. The zero-order valence-corrected chi connectivity index (χ0v) is 15.7. The molecule has 2 amide bonds. The molecule has 0 spiro atoms. The summed E-state index contributed by atoms with van der Waals surface area (Å²) < 4.78 is 16.0. The Labute approximate surface area is 154 Å². The lowest BCUT2D eigenvalue weighted by atomic mass is 10.1. The summed E-state index contributed by atoms with van der Waals surface area (Å²) in [6.07, 6.45) is 0.647. The zero-order valence-electron chi connectivity index (χ0n) is 15.7. The van der Waals surface area contributed by atoms with Crippen molar-refractivity contribution < 1.29 is 19.0 Å². The van der Waals surface area contributed by atoms with Gasteiger partial charge < -0.3 is 24.8 Å². The number of benzene rings is 2. The number of methoxy groups -OCH3 is 3. The second-order valence-electron chi connectivity index (χ2n) is 5.88. The van der Waals surface area contributed by atoms with Crippen LogP contribution < -0.4 is 24.8 Å². The molecule has 0 bridgehead atoms. The molecule has 0 aliphatic carbocycles. The van der Waals surface area contributed by atoms with E-state index in [4.69, 9.17) is 14.2 Å². The first-order chi connectivity index (χ1) is 12.6. The Balaban J connectivity index is 1.84. The molecule has 0 saturated heterocycles. The van der Waals surface area contributed by atoms with Crippen LogP contribution >= 0.6 is 0 Å². The highest BCUT2D eigenvalue weighted by molar-refractivity contribution is 5.73. The van der Waals surface area contributed by atoms with Gasteiger partial charge in [-0.3, -0.25) is 0 Å². The van der Waals surface area contributed by atoms with E-state index in [9.17, 15) is 4.79 Å². The van der Waals surface area contributed by atoms with Crippen molar-refractivity contribution in [2.75, 3.05) is 27.9 Å². The van der Waals surface area contributed by atoms with Gasteiger partial charge in [-0.25, -0.2) is 4.79 Å². The van der Waals surface area contributed by atoms with Crippen LogP contribution in [-0.4, -0.2) is 33.9 Å². The van der Waals surface area contributed by atoms with Gasteiger partial charge in [-0.1, -0.05) is 29.8 Å². The molecule has 2 rings (SSSR count). The summed E-state index contributed by atoms with van der Waals surface area (Å²) in [4.78, 5) is 11.9. The molecule has 0 atom stereocenters. The standard InChI is InChI=1S/C20H26N2O4/c1-14-5-7-15(8-6-14)13-22-20(23)21-10-9-16-11-17(24-2)19(26-4)18(12-16)25-3/h5-8,11-12H,9-10,13H2,1-4H3,(H2,21,22,23). The Hall–Kier alpha value is -2.89. The van der Waals surface area contributed by atoms with Gasteiger partial charge in [-0.05, 0) is 36.6 Å². The highest BCUT2D eigenvalue weighted by atomic mass is 16.5. The predicted molar refractivity (Wildman–Crippen MR) is 101 cm³/mol. The summed E-state index contributed by atoms with van der Waals surface area (Å²) in [5.41, 5.74) is 3.25. The third-order valence-corrected chi connectivity index (χ3v) is 4.00. The molecule has 0 aliphatic rings. The molecule has 2 aromatic rings. The smallest absolute Gasteiger partial charge is 0.315 e. The highest BCUT2D eigenvalue weighted by Gasteiger charge is 2.13. The largest absolute Gasteiger partial charge is 0.493 e. The fourth-order valence-electron chi connectivity index (χ4n) is 2.55. The third-order valence-electron chi connectivity index (χ3n) is 4.00. The van der Waals surface area contributed by atoms with Crippen LogP contribution in [0.15, 0.2) is 36.4 Å². The van der Waals surface area contributed by atoms with Gasteiger partial charge in [0.15, 0.2) is 11.5 Å². The van der Waals surface area contributed by atoms with Crippen LogP contribution in [0.25, 0.3) is 0 Å². The first-order valence-electron chi connectivity index (χ1n) is 8.43. The van der Waals surface area contributed by atoms with Gasteiger partial charge in [0.05, 0.1) is 21.3 Å². The molecule has 26 heavy (non-hydrogen) atoms. The van der Waals surface area contributed by atoms with Gasteiger partial charge in [-0.15, -0.1) is 0 Å². The Bertz CT molecular complexity index is 704. The fraction of sp³-hybridized carbons (Fsp3) is 0.350. The Kier molecular flexibility index (Phi) is 7.14. The lowest BCUT2D eigenvalue weighted by Gasteiger charge is -2.14. The number of rotatable bonds is 8. The second kappa shape index (κ2) is 9.56. The lowest BCUT2D eigenvalue weighted by Crippen LogP contribution is -2.36. The molecule has 2 aromatic carbocycles. The minimum absolute atomic E-state index is 0.196. The van der Waals surface area contributed by atoms with E-state index in [1.165, 1.54) is 5.56 Å². The minimum Gasteiger partial charge on any atom is -0.493 e. The summed E-state index contributed by atoms with van der Waals surface area (Å²) in [5.74, 6) is 1.76. The van der Waals surface area contributed by atoms with E-state index in [0.717, 1.165) is 11.1 Å². The Morgan fingerprint density at radius 2 is 1.50 bits per heavy atom. The van der Waals surface area contributed by atoms with E-state index in [1.54, 1.807) is 21.3 Å². The highest BCUT2D eigenvalue weighted by Crippen LogP contribution is 2.38. The number of nitrogens with one attached hydrogen (secondary N) is 2. The van der Waals surface area contributed by atoms with Crippen LogP contribution in [0.1, 0.15) is 16.7 Å². The number of hydrogen-bond donors (Lipinski definition) is 2. The van der Waals surface area contributed by atoms with Crippen LogP contribution in [0.3, 0.4) is 0 Å². The predicted octanol–water partition coefficient (Wildman–Crippen LogP) is 3.06. The van der Waals surface area contributed by atoms with E-state index in [2.05, 4.69) is 10.6 Å². The van der Waals surface area contributed by atoms with Crippen molar-refractivity contribution in [2.45, 2.75) is 19.9 Å². The number of aryl methyl sites for hydroxylation is 1. The van der Waals surface area contributed by atoms with Crippen molar-refractivity contribution in [3.63, 3.8) is 0 Å². The Morgan fingerprint density at radius 3 is 2.04 bits per heavy atom. The van der Waals surface area contributed by atoms with Gasteiger partial charge in [-0.2, -0.15) is 0 Å². The van der Waals surface area contributed by atoms with Gasteiger partial charge in [0.1, 0.15) is 0 Å². The van der Waals surface area contributed by atoms with Gasteiger partial charge in [0.2, 0.25) is 5.75 Å². The van der Waals surface area contributed by atoms with Crippen molar-refractivity contribution in [3.05, 3.63) is 53.1 Å². The maximum Gasteiger partial charge on any atom is 0.315 e. The average molecular weight is 358 g/mol. The summed E-state index contributed by atoms with van der Waals surface area (Å²) in [6, 6.07) is 11.6. The SMILES string of the molecule is COc1cc(CCNC(=O)NCc2ccc(C)cc2)cc(OC)c1OC. The molecule has 0 unspecified atom stereocenters. The summed E-state index contributed by atoms with van der Waals surface area (Å²) in [5, 5.41) is 5.70. The van der Waals surface area contributed by atoms with E-state index in [-0.39, 0.29) is 6.03 Å². The molecule has 0 aromatic heterocycles. The number of carbonyl (C=O) groups is 1. The molecule has 0 heterocycles. The molecule has 0 aliphatic heterocycles. The summed E-state index contributed by atoms with van der Waals surface area (Å²) in [6.45, 7) is 3.03. The van der Waals surface area contributed by atoms with Crippen molar-refractivity contribution in [3.8, 4) is 17.2 Å². The fourth-order valence-corrected chi connectivity index (χ4v) is 2.55. The van der Waals surface area contributed by atoms with E-state index < -0.39 is 0 Å². The van der Waals surface area contributed by atoms with Gasteiger partial charge in [0, 0.05) is 13.1 Å². The quantitative estimate of drug-likeness (QED) is 0.761. The zero-order chi connectivity index (χ0) is 18.9. The summed E-state index contributed by atoms with van der Waals surface area (Å²) >= 11 is 0. The molecular formula is C20H26N2O4. The van der Waals surface area contributed by atoms with Crippen molar-refractivity contribution in [1.82, 2.24) is 10.6 Å². The van der Waals surface area contributed by atoms with Crippen LogP contribution in [0.2, 0.25) is 0 Å². The van der Waals surface area contributed by atoms with Gasteiger partial charge in [0.25, 0.3) is 0 Å². The normalized spacial score (nSPS) is 10.2. The lowest BCUT2D eigenvalue weighted by molar-refractivity contribution is 0.240. The maximum absolute atomic E-state index is 11.9. The molecule has 0 saturated carbocycles. The van der Waals surface area contributed by atoms with Crippen LogP contribution in [0.5, 0.6) is 17.2 Å². The minimum atomic E-state index is -0.196. The topological polar surface area (TPSA) is 68.8 Å². The van der Waals surface area contributed by atoms with Crippen molar-refractivity contribution in [2.24, 2.45) is 0 Å². The molecule has 0 fully saturated rings. The molecule has 140 valence electrons. The van der Waals surface area contributed by atoms with Crippen LogP contribution in [0, 0.1) is 6.92 Å². The number of hydrogen-bond acceptors (Lipinski definition) is 4. The summed E-state index contributed by atoms with van der Waals surface area (Å²) in [7, 11) is 4.73. The van der Waals surface area contributed by atoms with E-state index in [1.807, 2.05) is 43.3 Å². The molecular weight excluding hydrogens is 332 g/mol. The molecule has 6 heteroatoms. The van der Waals surface area contributed by atoms with Crippen LogP contribution in [0.4, 0.5) is 4.79 Å². The first kappa shape index (κ1) is 19.4. The van der Waals surface area contributed by atoms with Crippen LogP contribution in [-0.2, 0) is 13.0 Å². The molecule has 6 nitrogen and oxygen atoms in total. The maximum atomic E-state index is 11.9. The van der Waals surface area contributed by atoms with E-state index >= 15 is 0 Å².